The van der Waals surface area contributed by atoms with E-state index >= 15 is 0 Å². The molecule has 21 heavy (non-hydrogen) atoms. The normalized spacial score (nSPS) is 10.9. The fourth-order valence-corrected chi connectivity index (χ4v) is 2.44. The average molecular weight is 291 g/mol. The van der Waals surface area contributed by atoms with Crippen LogP contribution in [0.2, 0.25) is 0 Å². The van der Waals surface area contributed by atoms with Crippen molar-refractivity contribution in [3.63, 3.8) is 0 Å². The minimum absolute atomic E-state index is 0.0680. The molecule has 0 aliphatic heterocycles. The third-order valence-electron chi connectivity index (χ3n) is 3.75. The van der Waals surface area contributed by atoms with Crippen molar-refractivity contribution in [3.8, 4) is 0 Å². The Bertz CT molecular complexity index is 622. The summed E-state index contributed by atoms with van der Waals surface area (Å²) < 4.78 is 15.6. The first kappa shape index (κ1) is 15.5. The van der Waals surface area contributed by atoms with E-state index in [1.165, 1.54) is 6.07 Å². The van der Waals surface area contributed by atoms with Crippen LogP contribution in [0.5, 0.6) is 0 Å². The lowest BCUT2D eigenvalue weighted by atomic mass is 10.1. The number of benzene rings is 1. The van der Waals surface area contributed by atoms with Crippen molar-refractivity contribution in [1.82, 2.24) is 9.78 Å². The molecule has 0 spiro atoms. The van der Waals surface area contributed by atoms with Crippen molar-refractivity contribution in [2.24, 2.45) is 0 Å². The Morgan fingerprint density at radius 2 is 2.10 bits per heavy atom. The lowest BCUT2D eigenvalue weighted by Gasteiger charge is -2.09. The Morgan fingerprint density at radius 1 is 1.33 bits per heavy atom. The first-order chi connectivity index (χ1) is 10.1. The third-order valence-corrected chi connectivity index (χ3v) is 3.75. The monoisotopic (exact) mass is 291 g/mol. The van der Waals surface area contributed by atoms with Gasteiger partial charge in [0.25, 0.3) is 0 Å². The second-order valence-electron chi connectivity index (χ2n) is 5.11. The molecule has 4 nitrogen and oxygen atoms in total. The Balaban J connectivity index is 2.11. The van der Waals surface area contributed by atoms with E-state index in [-0.39, 0.29) is 12.4 Å². The lowest BCUT2D eigenvalue weighted by Crippen LogP contribution is -2.07. The molecular weight excluding hydrogens is 269 g/mol. The molecule has 114 valence electrons. The average Bonchev–Trinajstić information content (AvgIpc) is 2.72. The fourth-order valence-electron chi connectivity index (χ4n) is 2.44. The number of aryl methyl sites for hydroxylation is 2. The molecule has 1 aromatic heterocycles. The molecule has 0 fully saturated rings. The molecular formula is C16H22FN3O. The molecule has 0 atom stereocenters. The Hall–Kier alpha value is -1.88. The Kier molecular flexibility index (Phi) is 4.96. The molecule has 0 amide bonds. The molecule has 1 heterocycles. The van der Waals surface area contributed by atoms with Gasteiger partial charge in [0, 0.05) is 23.5 Å². The Morgan fingerprint density at radius 3 is 2.71 bits per heavy atom. The van der Waals surface area contributed by atoms with E-state index in [9.17, 15) is 4.39 Å². The van der Waals surface area contributed by atoms with E-state index in [0.29, 0.717) is 19.5 Å². The zero-order valence-electron chi connectivity index (χ0n) is 12.8. The van der Waals surface area contributed by atoms with Crippen LogP contribution in [-0.2, 0) is 19.5 Å². The van der Waals surface area contributed by atoms with Crippen molar-refractivity contribution < 1.29 is 9.50 Å². The number of hydrogen-bond acceptors (Lipinski definition) is 3. The standard InChI is InChI=1S/C16H22FN3O/c1-4-13-5-6-14(9-16(13)17)18-10-15-11(2)19-20(7-8-21)12(15)3/h5-6,9,18,21H,4,7-8,10H2,1-3H3. The van der Waals surface area contributed by atoms with Gasteiger partial charge >= 0.3 is 0 Å². The predicted octanol–water partition coefficient (Wildman–Crippen LogP) is 2.81. The number of halogens is 1. The van der Waals surface area contributed by atoms with Crippen LogP contribution in [0.1, 0.15) is 29.4 Å². The van der Waals surface area contributed by atoms with E-state index in [1.54, 1.807) is 4.68 Å². The molecule has 0 saturated heterocycles. The van der Waals surface area contributed by atoms with E-state index in [4.69, 9.17) is 5.11 Å². The number of rotatable bonds is 6. The maximum absolute atomic E-state index is 13.8. The summed E-state index contributed by atoms with van der Waals surface area (Å²) in [5.74, 6) is -0.174. The molecule has 0 radical (unpaired) electrons. The molecule has 0 saturated carbocycles. The van der Waals surface area contributed by atoms with Crippen LogP contribution in [0.15, 0.2) is 18.2 Å². The second-order valence-corrected chi connectivity index (χ2v) is 5.11. The van der Waals surface area contributed by atoms with Crippen LogP contribution >= 0.6 is 0 Å². The summed E-state index contributed by atoms with van der Waals surface area (Å²) in [5.41, 5.74) is 4.53. The van der Waals surface area contributed by atoms with E-state index in [2.05, 4.69) is 10.4 Å². The van der Waals surface area contributed by atoms with Gasteiger partial charge in [0.05, 0.1) is 18.8 Å². The van der Waals surface area contributed by atoms with Gasteiger partial charge < -0.3 is 10.4 Å². The summed E-state index contributed by atoms with van der Waals surface area (Å²) in [6, 6.07) is 5.24. The first-order valence-corrected chi connectivity index (χ1v) is 7.22. The minimum atomic E-state index is -0.174. The highest BCUT2D eigenvalue weighted by molar-refractivity contribution is 5.46. The van der Waals surface area contributed by atoms with Crippen molar-refractivity contribution in [3.05, 3.63) is 46.5 Å². The minimum Gasteiger partial charge on any atom is -0.394 e. The van der Waals surface area contributed by atoms with E-state index in [0.717, 1.165) is 28.2 Å². The first-order valence-electron chi connectivity index (χ1n) is 7.22. The number of nitrogens with one attached hydrogen (secondary N) is 1. The molecule has 2 aromatic rings. The predicted molar refractivity (Wildman–Crippen MR) is 81.9 cm³/mol. The van der Waals surface area contributed by atoms with Crippen LogP contribution in [0.3, 0.4) is 0 Å². The third kappa shape index (κ3) is 3.42. The summed E-state index contributed by atoms with van der Waals surface area (Å²) in [4.78, 5) is 0. The van der Waals surface area contributed by atoms with Crippen LogP contribution in [0.4, 0.5) is 10.1 Å². The molecule has 0 bridgehead atoms. The maximum Gasteiger partial charge on any atom is 0.128 e. The molecule has 0 aliphatic rings. The van der Waals surface area contributed by atoms with Crippen LogP contribution in [0.25, 0.3) is 0 Å². The largest absolute Gasteiger partial charge is 0.394 e. The summed E-state index contributed by atoms with van der Waals surface area (Å²) in [5, 5.41) is 16.6. The lowest BCUT2D eigenvalue weighted by molar-refractivity contribution is 0.268. The van der Waals surface area contributed by atoms with Crippen molar-refractivity contribution in [2.75, 3.05) is 11.9 Å². The van der Waals surface area contributed by atoms with E-state index < -0.39 is 0 Å². The van der Waals surface area contributed by atoms with Crippen molar-refractivity contribution in [2.45, 2.75) is 40.3 Å². The van der Waals surface area contributed by atoms with Gasteiger partial charge in [0.1, 0.15) is 5.82 Å². The van der Waals surface area contributed by atoms with Gasteiger partial charge in [0.15, 0.2) is 0 Å². The number of anilines is 1. The number of aromatic nitrogens is 2. The summed E-state index contributed by atoms with van der Waals surface area (Å²) in [7, 11) is 0. The van der Waals surface area contributed by atoms with Crippen LogP contribution in [0, 0.1) is 19.7 Å². The topological polar surface area (TPSA) is 50.1 Å². The molecule has 2 rings (SSSR count). The molecule has 0 unspecified atom stereocenters. The van der Waals surface area contributed by atoms with Gasteiger partial charge in [0.2, 0.25) is 0 Å². The van der Waals surface area contributed by atoms with Crippen LogP contribution < -0.4 is 5.32 Å². The second kappa shape index (κ2) is 6.72. The SMILES string of the molecule is CCc1ccc(NCc2c(C)nn(CCO)c2C)cc1F. The quantitative estimate of drug-likeness (QED) is 0.860. The highest BCUT2D eigenvalue weighted by Gasteiger charge is 2.11. The number of aliphatic hydroxyl groups excluding tert-OH is 1. The summed E-state index contributed by atoms with van der Waals surface area (Å²) in [6.45, 7) is 7.01. The molecule has 1 aromatic carbocycles. The van der Waals surface area contributed by atoms with Gasteiger partial charge in [-0.1, -0.05) is 13.0 Å². The molecule has 5 heteroatoms. The smallest absolute Gasteiger partial charge is 0.128 e. The van der Waals surface area contributed by atoms with Gasteiger partial charge in [-0.15, -0.1) is 0 Å². The van der Waals surface area contributed by atoms with Gasteiger partial charge in [-0.2, -0.15) is 5.10 Å². The summed E-state index contributed by atoms with van der Waals surface area (Å²) >= 11 is 0. The Labute approximate surface area is 124 Å². The molecule has 2 N–H and O–H groups in total. The summed E-state index contributed by atoms with van der Waals surface area (Å²) in [6.07, 6.45) is 0.693. The van der Waals surface area contributed by atoms with E-state index in [1.807, 2.05) is 32.9 Å². The number of aliphatic hydroxyl groups is 1. The maximum atomic E-state index is 13.8. The van der Waals surface area contributed by atoms with Crippen molar-refractivity contribution >= 4 is 5.69 Å². The highest BCUT2D eigenvalue weighted by atomic mass is 19.1. The van der Waals surface area contributed by atoms with Crippen molar-refractivity contribution in [1.29, 1.82) is 0 Å². The van der Waals surface area contributed by atoms with Crippen LogP contribution in [-0.4, -0.2) is 21.5 Å². The van der Waals surface area contributed by atoms with Gasteiger partial charge in [-0.05, 0) is 38.0 Å². The number of nitrogens with zero attached hydrogens (tertiary/aromatic N) is 2. The van der Waals surface area contributed by atoms with Gasteiger partial charge in [-0.3, -0.25) is 4.68 Å². The number of hydrogen-bond donors (Lipinski definition) is 2. The zero-order valence-corrected chi connectivity index (χ0v) is 12.8. The fraction of sp³-hybridized carbons (Fsp3) is 0.438. The molecule has 0 aliphatic carbocycles. The zero-order chi connectivity index (χ0) is 15.4. The van der Waals surface area contributed by atoms with Gasteiger partial charge in [-0.25, -0.2) is 4.39 Å². The highest BCUT2D eigenvalue weighted by Crippen LogP contribution is 2.18.